The molecule has 0 unspecified atom stereocenters. The van der Waals surface area contributed by atoms with E-state index in [4.69, 9.17) is 11.6 Å². The summed E-state index contributed by atoms with van der Waals surface area (Å²) in [6, 6.07) is 22.3. The highest BCUT2D eigenvalue weighted by Gasteiger charge is 2.09. The molecule has 2 N–H and O–H groups in total. The van der Waals surface area contributed by atoms with E-state index in [1.807, 2.05) is 12.1 Å². The molecule has 0 saturated carbocycles. The van der Waals surface area contributed by atoms with Crippen LogP contribution in [0.3, 0.4) is 0 Å². The summed E-state index contributed by atoms with van der Waals surface area (Å²) in [4.78, 5) is 24.4. The molecule has 0 aromatic heterocycles. The number of benzene rings is 3. The van der Waals surface area contributed by atoms with Crippen LogP contribution in [-0.4, -0.2) is 11.8 Å². The van der Waals surface area contributed by atoms with Crippen molar-refractivity contribution in [1.29, 1.82) is 0 Å². The summed E-state index contributed by atoms with van der Waals surface area (Å²) in [5, 5.41) is 0.543. The zero-order valence-corrected chi connectivity index (χ0v) is 17.7. The zero-order valence-electron chi connectivity index (χ0n) is 17.0. The first-order valence-corrected chi connectivity index (χ1v) is 10.5. The number of carbonyl (C=O) groups excluding carboxylic acids is 2. The molecule has 0 fully saturated rings. The second-order valence-electron chi connectivity index (χ2n) is 7.15. The molecule has 3 rings (SSSR count). The van der Waals surface area contributed by atoms with Gasteiger partial charge in [0.05, 0.1) is 0 Å². The van der Waals surface area contributed by atoms with E-state index in [0.29, 0.717) is 16.1 Å². The van der Waals surface area contributed by atoms with Crippen molar-refractivity contribution in [3.8, 4) is 11.1 Å². The number of rotatable bonds is 7. The minimum atomic E-state index is -0.407. The fraction of sp³-hybridized carbons (Fsp3) is 0.200. The van der Waals surface area contributed by atoms with Crippen molar-refractivity contribution in [2.45, 2.75) is 32.6 Å². The summed E-state index contributed by atoms with van der Waals surface area (Å²) >= 11 is 5.81. The molecular formula is C25H25ClN2O2. The summed E-state index contributed by atoms with van der Waals surface area (Å²) < 4.78 is 0. The van der Waals surface area contributed by atoms with Gasteiger partial charge in [-0.05, 0) is 65.9 Å². The normalized spacial score (nSPS) is 10.5. The monoisotopic (exact) mass is 420 g/mol. The van der Waals surface area contributed by atoms with Gasteiger partial charge in [-0.3, -0.25) is 20.4 Å². The lowest BCUT2D eigenvalue weighted by Crippen LogP contribution is -2.41. The summed E-state index contributed by atoms with van der Waals surface area (Å²) in [6.45, 7) is 2.21. The Balaban J connectivity index is 1.56. The molecule has 3 aromatic carbocycles. The molecule has 0 heterocycles. The van der Waals surface area contributed by atoms with Crippen LogP contribution >= 0.6 is 11.6 Å². The molecule has 0 saturated heterocycles. The van der Waals surface area contributed by atoms with Gasteiger partial charge in [0, 0.05) is 16.1 Å². The topological polar surface area (TPSA) is 58.2 Å². The van der Waals surface area contributed by atoms with E-state index in [9.17, 15) is 9.59 Å². The number of amides is 2. The Morgan fingerprint density at radius 1 is 0.700 bits per heavy atom. The van der Waals surface area contributed by atoms with Gasteiger partial charge in [-0.2, -0.15) is 0 Å². The summed E-state index contributed by atoms with van der Waals surface area (Å²) in [5.74, 6) is -0.786. The van der Waals surface area contributed by atoms with E-state index in [1.165, 1.54) is 24.8 Å². The third kappa shape index (κ3) is 5.94. The van der Waals surface area contributed by atoms with E-state index in [-0.39, 0.29) is 5.91 Å². The number of hydrogen-bond donors (Lipinski definition) is 2. The maximum atomic E-state index is 12.3. The van der Waals surface area contributed by atoms with Gasteiger partial charge < -0.3 is 0 Å². The lowest BCUT2D eigenvalue weighted by molar-refractivity contribution is 0.0846. The highest BCUT2D eigenvalue weighted by atomic mass is 35.5. The van der Waals surface area contributed by atoms with Gasteiger partial charge in [0.15, 0.2) is 0 Å². The van der Waals surface area contributed by atoms with Crippen LogP contribution in [0.15, 0.2) is 72.8 Å². The number of unbranched alkanes of at least 4 members (excludes halogenated alkanes) is 2. The van der Waals surface area contributed by atoms with E-state index in [2.05, 4.69) is 42.0 Å². The van der Waals surface area contributed by atoms with E-state index < -0.39 is 5.91 Å². The number of halogens is 1. The first-order chi connectivity index (χ1) is 14.6. The lowest BCUT2D eigenvalue weighted by Gasteiger charge is -2.09. The SMILES string of the molecule is CCCCCc1ccc(-c2ccc(C(=O)NNC(=O)c3ccc(Cl)cc3)cc2)cc1. The van der Waals surface area contributed by atoms with Crippen LogP contribution in [0.25, 0.3) is 11.1 Å². The van der Waals surface area contributed by atoms with Crippen molar-refractivity contribution in [1.82, 2.24) is 10.9 Å². The highest BCUT2D eigenvalue weighted by Crippen LogP contribution is 2.21. The Hall–Kier alpha value is -3.11. The van der Waals surface area contributed by atoms with Crippen LogP contribution < -0.4 is 10.9 Å². The number of aryl methyl sites for hydroxylation is 1. The molecule has 0 aliphatic rings. The standard InChI is InChI=1S/C25H25ClN2O2/c1-2-3-4-5-18-6-8-19(9-7-18)20-10-12-21(13-11-20)24(29)27-28-25(30)22-14-16-23(26)17-15-22/h6-17H,2-5H2,1H3,(H,27,29)(H,28,30). The third-order valence-corrected chi connectivity index (χ3v) is 5.15. The van der Waals surface area contributed by atoms with Crippen LogP contribution in [0.4, 0.5) is 0 Å². The van der Waals surface area contributed by atoms with Crippen LogP contribution in [0, 0.1) is 0 Å². The van der Waals surface area contributed by atoms with Crippen LogP contribution in [0.1, 0.15) is 52.5 Å². The molecule has 0 bridgehead atoms. The lowest BCUT2D eigenvalue weighted by atomic mass is 10.0. The molecule has 2 amide bonds. The maximum Gasteiger partial charge on any atom is 0.269 e. The minimum absolute atomic E-state index is 0.380. The molecule has 0 spiro atoms. The van der Waals surface area contributed by atoms with E-state index in [0.717, 1.165) is 17.5 Å². The molecule has 0 aliphatic heterocycles. The number of carbonyl (C=O) groups is 2. The number of hydrogen-bond acceptors (Lipinski definition) is 2. The van der Waals surface area contributed by atoms with Gasteiger partial charge in [0.2, 0.25) is 0 Å². The second kappa shape index (κ2) is 10.6. The fourth-order valence-electron chi connectivity index (χ4n) is 3.12. The van der Waals surface area contributed by atoms with Gasteiger partial charge in [-0.1, -0.05) is 67.8 Å². The van der Waals surface area contributed by atoms with Crippen LogP contribution in [-0.2, 0) is 6.42 Å². The van der Waals surface area contributed by atoms with E-state index >= 15 is 0 Å². The summed E-state index contributed by atoms with van der Waals surface area (Å²) in [6.07, 6.45) is 4.80. The molecule has 30 heavy (non-hydrogen) atoms. The zero-order chi connectivity index (χ0) is 21.3. The highest BCUT2D eigenvalue weighted by molar-refractivity contribution is 6.30. The van der Waals surface area contributed by atoms with Crippen LogP contribution in [0.5, 0.6) is 0 Å². The molecule has 4 nitrogen and oxygen atoms in total. The molecule has 5 heteroatoms. The molecule has 154 valence electrons. The Labute approximate surface area is 182 Å². The first kappa shape index (κ1) is 21.6. The molecule has 0 radical (unpaired) electrons. The predicted octanol–water partition coefficient (Wildman–Crippen LogP) is 5.81. The maximum absolute atomic E-state index is 12.3. The van der Waals surface area contributed by atoms with Crippen molar-refractivity contribution >= 4 is 23.4 Å². The van der Waals surface area contributed by atoms with Gasteiger partial charge in [-0.25, -0.2) is 0 Å². The number of nitrogens with one attached hydrogen (secondary N) is 2. The summed E-state index contributed by atoms with van der Waals surface area (Å²) in [5.41, 5.74) is 9.21. The first-order valence-electron chi connectivity index (χ1n) is 10.1. The average Bonchev–Trinajstić information content (AvgIpc) is 2.78. The Kier molecular flexibility index (Phi) is 7.63. The Morgan fingerprint density at radius 3 is 1.67 bits per heavy atom. The predicted molar refractivity (Wildman–Crippen MR) is 121 cm³/mol. The second-order valence-corrected chi connectivity index (χ2v) is 7.58. The van der Waals surface area contributed by atoms with Crippen molar-refractivity contribution < 1.29 is 9.59 Å². The van der Waals surface area contributed by atoms with Crippen molar-refractivity contribution in [3.63, 3.8) is 0 Å². The third-order valence-electron chi connectivity index (χ3n) is 4.90. The Morgan fingerprint density at radius 2 is 1.17 bits per heavy atom. The van der Waals surface area contributed by atoms with Gasteiger partial charge in [0.25, 0.3) is 11.8 Å². The molecule has 0 atom stereocenters. The minimum Gasteiger partial charge on any atom is -0.267 e. The quantitative estimate of drug-likeness (QED) is 0.374. The fourth-order valence-corrected chi connectivity index (χ4v) is 3.24. The van der Waals surface area contributed by atoms with Gasteiger partial charge in [0.1, 0.15) is 0 Å². The van der Waals surface area contributed by atoms with Crippen LogP contribution in [0.2, 0.25) is 5.02 Å². The van der Waals surface area contributed by atoms with Gasteiger partial charge >= 0.3 is 0 Å². The average molecular weight is 421 g/mol. The van der Waals surface area contributed by atoms with Crippen molar-refractivity contribution in [2.75, 3.05) is 0 Å². The summed E-state index contributed by atoms with van der Waals surface area (Å²) in [7, 11) is 0. The largest absolute Gasteiger partial charge is 0.269 e. The number of hydrazine groups is 1. The molecule has 3 aromatic rings. The van der Waals surface area contributed by atoms with Gasteiger partial charge in [-0.15, -0.1) is 0 Å². The van der Waals surface area contributed by atoms with E-state index in [1.54, 1.807) is 36.4 Å². The smallest absolute Gasteiger partial charge is 0.267 e. The molecular weight excluding hydrogens is 396 g/mol. The Bertz CT molecular complexity index is 981. The molecule has 0 aliphatic carbocycles. The van der Waals surface area contributed by atoms with Crippen molar-refractivity contribution in [2.24, 2.45) is 0 Å². The van der Waals surface area contributed by atoms with Crippen molar-refractivity contribution in [3.05, 3.63) is 94.5 Å².